The lowest BCUT2D eigenvalue weighted by molar-refractivity contribution is -0.0485. The molecule has 0 bridgehead atoms. The number of methoxy groups -OCH3 is 1. The molecule has 2 aliphatic rings. The van der Waals surface area contributed by atoms with Gasteiger partial charge in [-0.15, -0.1) is 0 Å². The number of pyridine rings is 3. The number of halogens is 1. The van der Waals surface area contributed by atoms with E-state index in [1.807, 2.05) is 49.4 Å². The molecule has 0 saturated carbocycles. The number of rotatable bonds is 13. The minimum atomic E-state index is -0.295. The van der Waals surface area contributed by atoms with Gasteiger partial charge >= 0.3 is 0 Å². The third-order valence-electron chi connectivity index (χ3n) is 8.17. The van der Waals surface area contributed by atoms with Gasteiger partial charge in [-0.25, -0.2) is 4.98 Å². The van der Waals surface area contributed by atoms with Crippen LogP contribution in [-0.2, 0) is 22.6 Å². The fourth-order valence-electron chi connectivity index (χ4n) is 5.27. The zero-order chi connectivity index (χ0) is 31.2. The minimum absolute atomic E-state index is 0.279. The van der Waals surface area contributed by atoms with Crippen molar-refractivity contribution in [1.29, 1.82) is 0 Å². The van der Waals surface area contributed by atoms with Gasteiger partial charge in [0.25, 0.3) is 5.91 Å². The van der Waals surface area contributed by atoms with Gasteiger partial charge in [0.2, 0.25) is 5.88 Å². The van der Waals surface area contributed by atoms with Crippen LogP contribution in [0.2, 0.25) is 5.02 Å². The van der Waals surface area contributed by atoms with Gasteiger partial charge in [0, 0.05) is 74.2 Å². The average molecular weight is 629 g/mol. The fraction of sp³-hybridized carbons (Fsp3) is 0.353. The van der Waals surface area contributed by atoms with Crippen LogP contribution >= 0.6 is 11.6 Å². The van der Waals surface area contributed by atoms with E-state index in [2.05, 4.69) is 25.9 Å². The molecular formula is C34H37ClN6O4. The van der Waals surface area contributed by atoms with E-state index in [9.17, 15) is 4.79 Å². The molecule has 45 heavy (non-hydrogen) atoms. The summed E-state index contributed by atoms with van der Waals surface area (Å²) in [6.07, 6.45) is 6.18. The predicted molar refractivity (Wildman–Crippen MR) is 174 cm³/mol. The number of carbonyl (C=O) groups excluding carboxylic acids is 1. The van der Waals surface area contributed by atoms with Crippen molar-refractivity contribution in [1.82, 2.24) is 25.6 Å². The summed E-state index contributed by atoms with van der Waals surface area (Å²) >= 11 is 6.98. The molecule has 1 aromatic carbocycles. The van der Waals surface area contributed by atoms with Crippen molar-refractivity contribution < 1.29 is 19.0 Å². The first kappa shape index (κ1) is 31.1. The fourth-order valence-corrected chi connectivity index (χ4v) is 5.58. The van der Waals surface area contributed by atoms with Crippen molar-refractivity contribution in [2.45, 2.75) is 45.1 Å². The van der Waals surface area contributed by atoms with Crippen LogP contribution in [-0.4, -0.2) is 66.5 Å². The van der Waals surface area contributed by atoms with Crippen LogP contribution in [0.25, 0.3) is 22.5 Å². The highest BCUT2D eigenvalue weighted by atomic mass is 35.5. The molecule has 3 N–H and O–H groups in total. The largest absolute Gasteiger partial charge is 0.481 e. The lowest BCUT2D eigenvalue weighted by Crippen LogP contribution is -2.36. The molecule has 234 valence electrons. The van der Waals surface area contributed by atoms with Crippen molar-refractivity contribution >= 4 is 23.2 Å². The van der Waals surface area contributed by atoms with E-state index < -0.39 is 0 Å². The van der Waals surface area contributed by atoms with E-state index in [4.69, 9.17) is 30.8 Å². The van der Waals surface area contributed by atoms with Crippen LogP contribution in [0.15, 0.2) is 60.9 Å². The topological polar surface area (TPSA) is 120 Å². The summed E-state index contributed by atoms with van der Waals surface area (Å²) in [6, 6.07) is 15.1. The highest BCUT2D eigenvalue weighted by Gasteiger charge is 2.20. The molecule has 4 aromatic rings. The van der Waals surface area contributed by atoms with Gasteiger partial charge < -0.3 is 30.2 Å². The number of nitrogens with zero attached hydrogens (tertiary/aromatic N) is 3. The lowest BCUT2D eigenvalue weighted by atomic mass is 10.0. The van der Waals surface area contributed by atoms with Gasteiger partial charge in [0.1, 0.15) is 5.69 Å². The summed E-state index contributed by atoms with van der Waals surface area (Å²) < 4.78 is 16.5. The molecule has 2 atom stereocenters. The molecule has 2 fully saturated rings. The molecule has 11 heteroatoms. The van der Waals surface area contributed by atoms with Crippen LogP contribution in [0, 0.1) is 6.92 Å². The van der Waals surface area contributed by atoms with Crippen molar-refractivity contribution in [3.63, 3.8) is 0 Å². The summed E-state index contributed by atoms with van der Waals surface area (Å²) in [7, 11) is 1.61. The lowest BCUT2D eigenvalue weighted by Gasteiger charge is -2.26. The number of ether oxygens (including phenoxy) is 3. The number of hydrogen-bond donors (Lipinski definition) is 3. The molecule has 6 rings (SSSR count). The summed E-state index contributed by atoms with van der Waals surface area (Å²) in [5.41, 5.74) is 6.57. The average Bonchev–Trinajstić information content (AvgIpc) is 3.01. The smallest absolute Gasteiger partial charge is 0.274 e. The Kier molecular flexibility index (Phi) is 9.97. The maximum Gasteiger partial charge on any atom is 0.274 e. The van der Waals surface area contributed by atoms with Crippen molar-refractivity contribution in [2.75, 3.05) is 38.7 Å². The number of hydrogen-bond acceptors (Lipinski definition) is 9. The highest BCUT2D eigenvalue weighted by Crippen LogP contribution is 2.38. The van der Waals surface area contributed by atoms with Crippen LogP contribution in [0.4, 0.5) is 5.69 Å². The maximum absolute atomic E-state index is 13.1. The molecule has 1 amide bonds. The summed E-state index contributed by atoms with van der Waals surface area (Å²) in [6.45, 7) is 6.50. The summed E-state index contributed by atoms with van der Waals surface area (Å²) in [5.74, 6) is 0.238. The van der Waals surface area contributed by atoms with E-state index in [0.29, 0.717) is 52.9 Å². The molecule has 0 spiro atoms. The Morgan fingerprint density at radius 2 is 1.71 bits per heavy atom. The van der Waals surface area contributed by atoms with E-state index in [-0.39, 0.29) is 12.0 Å². The predicted octanol–water partition coefficient (Wildman–Crippen LogP) is 5.19. The third-order valence-corrected chi connectivity index (χ3v) is 8.55. The molecule has 2 aliphatic heterocycles. The van der Waals surface area contributed by atoms with Crippen LogP contribution in [0.3, 0.4) is 0 Å². The zero-order valence-electron chi connectivity index (χ0n) is 25.4. The van der Waals surface area contributed by atoms with Gasteiger partial charge in [-0.1, -0.05) is 35.9 Å². The Morgan fingerprint density at radius 1 is 0.956 bits per heavy atom. The van der Waals surface area contributed by atoms with Crippen LogP contribution in [0.5, 0.6) is 5.88 Å². The Hall–Kier alpha value is -3.93. The van der Waals surface area contributed by atoms with Gasteiger partial charge in [-0.3, -0.25) is 14.8 Å². The van der Waals surface area contributed by atoms with Crippen molar-refractivity contribution in [2.24, 2.45) is 0 Å². The van der Waals surface area contributed by atoms with Crippen LogP contribution < -0.4 is 20.7 Å². The van der Waals surface area contributed by atoms with Gasteiger partial charge in [0.15, 0.2) is 0 Å². The Labute approximate surface area is 267 Å². The third kappa shape index (κ3) is 7.32. The summed E-state index contributed by atoms with van der Waals surface area (Å²) in [5, 5.41) is 10.2. The molecule has 10 nitrogen and oxygen atoms in total. The number of amides is 1. The monoisotopic (exact) mass is 628 g/mol. The van der Waals surface area contributed by atoms with Crippen LogP contribution in [0.1, 0.15) is 40.0 Å². The van der Waals surface area contributed by atoms with E-state index in [0.717, 1.165) is 67.0 Å². The van der Waals surface area contributed by atoms with E-state index in [1.165, 1.54) is 0 Å². The highest BCUT2D eigenvalue weighted by molar-refractivity contribution is 6.35. The number of nitrogens with one attached hydrogen (secondary N) is 3. The second-order valence-electron chi connectivity index (χ2n) is 11.2. The quantitative estimate of drug-likeness (QED) is 0.184. The number of benzene rings is 1. The molecule has 5 heterocycles. The van der Waals surface area contributed by atoms with E-state index >= 15 is 0 Å². The van der Waals surface area contributed by atoms with Crippen molar-refractivity contribution in [3.05, 3.63) is 88.3 Å². The Morgan fingerprint density at radius 3 is 2.38 bits per heavy atom. The molecule has 0 unspecified atom stereocenters. The number of anilines is 1. The normalized spacial score (nSPS) is 17.3. The second-order valence-corrected chi connectivity index (χ2v) is 11.6. The summed E-state index contributed by atoms with van der Waals surface area (Å²) in [4.78, 5) is 26.9. The standard InChI is InChI=1S/C34H37ClN6O4/c1-21-26(4-3-5-28(21)40-33(42)30-8-6-22(17-39-30)16-36-19-24-11-14-44-24)32-31(35)27(10-13-38-32)29-9-7-23(34(41-29)43-2)18-37-20-25-12-15-45-25/h3-10,13,17,24-25,36-37H,11-12,14-16,18-20H2,1-2H3,(H,40,42)/t24-,25-/m0/s1. The van der Waals surface area contributed by atoms with Crippen molar-refractivity contribution in [3.8, 4) is 28.4 Å². The molecule has 3 aromatic heterocycles. The maximum atomic E-state index is 13.1. The SMILES string of the molecule is COc1nc(-c2ccnc(-c3cccc(NC(=O)c4ccc(CNC[C@@H]5CCO5)cn4)c3C)c2Cl)ccc1CNC[C@@H]1CCO1. The molecular weight excluding hydrogens is 592 g/mol. The first-order valence-corrected chi connectivity index (χ1v) is 15.6. The Balaban J connectivity index is 1.15. The molecule has 2 saturated heterocycles. The van der Waals surface area contributed by atoms with Gasteiger partial charge in [0.05, 0.1) is 35.7 Å². The Bertz CT molecular complexity index is 1640. The number of aromatic nitrogens is 3. The first-order chi connectivity index (χ1) is 22.0. The molecule has 0 radical (unpaired) electrons. The number of carbonyl (C=O) groups is 1. The van der Waals surface area contributed by atoms with Gasteiger partial charge in [-0.2, -0.15) is 0 Å². The minimum Gasteiger partial charge on any atom is -0.481 e. The first-order valence-electron chi connectivity index (χ1n) is 15.2. The second kappa shape index (κ2) is 14.4. The van der Waals surface area contributed by atoms with E-state index in [1.54, 1.807) is 25.6 Å². The zero-order valence-corrected chi connectivity index (χ0v) is 26.2. The molecule has 0 aliphatic carbocycles. The van der Waals surface area contributed by atoms with Gasteiger partial charge in [-0.05, 0) is 55.2 Å².